The van der Waals surface area contributed by atoms with Crippen LogP contribution in [-0.2, 0) is 6.54 Å². The molecule has 1 atom stereocenters. The fourth-order valence-electron chi connectivity index (χ4n) is 1.36. The molecule has 82 valence electrons. The minimum absolute atomic E-state index is 0.313. The van der Waals surface area contributed by atoms with E-state index >= 15 is 0 Å². The maximum atomic E-state index is 10.0. The molecule has 3 nitrogen and oxygen atoms in total. The Kier molecular flexibility index (Phi) is 4.98. The van der Waals surface area contributed by atoms with Gasteiger partial charge in [-0.05, 0) is 24.9 Å². The molecule has 3 heteroatoms. The van der Waals surface area contributed by atoms with E-state index in [0.717, 1.165) is 13.1 Å². The summed E-state index contributed by atoms with van der Waals surface area (Å²) in [7, 11) is 0. The minimum Gasteiger partial charge on any atom is -0.312 e. The largest absolute Gasteiger partial charge is 0.312 e. The molecule has 0 aliphatic heterocycles. The highest BCUT2D eigenvalue weighted by Crippen LogP contribution is 2.02. The lowest BCUT2D eigenvalue weighted by atomic mass is 10.1. The van der Waals surface area contributed by atoms with Crippen LogP contribution in [0.15, 0.2) is 29.4 Å². The highest BCUT2D eigenvalue weighted by molar-refractivity contribution is 5.20. The molecule has 0 saturated heterocycles. The standard InChI is InChI=1S/C12H18N2O/c1-10-3-5-12(6-4-10)9-13-7-11(2)8-14-15/h3-6,11,13H,7-9H2,1-2H3. The lowest BCUT2D eigenvalue weighted by Crippen LogP contribution is -2.22. The highest BCUT2D eigenvalue weighted by Gasteiger charge is 2.00. The second kappa shape index (κ2) is 6.30. The number of hydrogen-bond acceptors (Lipinski definition) is 3. The molecule has 0 aliphatic carbocycles. The summed E-state index contributed by atoms with van der Waals surface area (Å²) in [6.07, 6.45) is 0. The Hall–Kier alpha value is -1.22. The molecule has 1 aromatic carbocycles. The zero-order valence-corrected chi connectivity index (χ0v) is 9.36. The summed E-state index contributed by atoms with van der Waals surface area (Å²) in [5, 5.41) is 6.19. The van der Waals surface area contributed by atoms with Crippen LogP contribution >= 0.6 is 0 Å². The SMILES string of the molecule is Cc1ccc(CNCC(C)CN=O)cc1. The van der Waals surface area contributed by atoms with Crippen molar-refractivity contribution >= 4 is 0 Å². The molecule has 0 heterocycles. The predicted molar refractivity (Wildman–Crippen MR) is 62.7 cm³/mol. The Morgan fingerprint density at radius 1 is 1.33 bits per heavy atom. The van der Waals surface area contributed by atoms with Crippen molar-refractivity contribution in [1.29, 1.82) is 0 Å². The Bertz CT molecular complexity index is 295. The average molecular weight is 206 g/mol. The first-order valence-corrected chi connectivity index (χ1v) is 5.27. The summed E-state index contributed by atoms with van der Waals surface area (Å²) in [6, 6.07) is 8.44. The van der Waals surface area contributed by atoms with Crippen LogP contribution in [0.3, 0.4) is 0 Å². The van der Waals surface area contributed by atoms with Gasteiger partial charge in [0.1, 0.15) is 0 Å². The average Bonchev–Trinajstić information content (AvgIpc) is 2.21. The molecule has 0 fully saturated rings. The van der Waals surface area contributed by atoms with Crippen molar-refractivity contribution in [2.75, 3.05) is 13.1 Å². The molecule has 0 spiro atoms. The van der Waals surface area contributed by atoms with Crippen molar-refractivity contribution in [2.24, 2.45) is 11.1 Å². The Morgan fingerprint density at radius 2 is 2.00 bits per heavy atom. The van der Waals surface area contributed by atoms with Crippen LogP contribution in [0.4, 0.5) is 0 Å². The van der Waals surface area contributed by atoms with Crippen LogP contribution < -0.4 is 5.32 Å². The lowest BCUT2D eigenvalue weighted by molar-refractivity contribution is 0.522. The number of hydrogen-bond donors (Lipinski definition) is 1. The third-order valence-electron chi connectivity index (χ3n) is 2.33. The first-order chi connectivity index (χ1) is 7.22. The van der Waals surface area contributed by atoms with Crippen molar-refractivity contribution in [1.82, 2.24) is 5.32 Å². The summed E-state index contributed by atoms with van der Waals surface area (Å²) in [4.78, 5) is 10.0. The summed E-state index contributed by atoms with van der Waals surface area (Å²) >= 11 is 0. The van der Waals surface area contributed by atoms with Gasteiger partial charge < -0.3 is 5.32 Å². The van der Waals surface area contributed by atoms with E-state index in [1.807, 2.05) is 6.92 Å². The van der Waals surface area contributed by atoms with E-state index in [1.54, 1.807) is 0 Å². The molecular formula is C12H18N2O. The Labute approximate surface area is 90.9 Å². The van der Waals surface area contributed by atoms with Gasteiger partial charge in [0.25, 0.3) is 0 Å². The molecule has 0 saturated carbocycles. The van der Waals surface area contributed by atoms with Crippen molar-refractivity contribution in [3.63, 3.8) is 0 Å². The molecule has 1 rings (SSSR count). The second-order valence-electron chi connectivity index (χ2n) is 4.03. The van der Waals surface area contributed by atoms with Crippen molar-refractivity contribution < 1.29 is 0 Å². The number of aryl methyl sites for hydroxylation is 1. The van der Waals surface area contributed by atoms with Gasteiger partial charge in [-0.15, -0.1) is 0 Å². The van der Waals surface area contributed by atoms with Crippen molar-refractivity contribution in [2.45, 2.75) is 20.4 Å². The van der Waals surface area contributed by atoms with E-state index in [-0.39, 0.29) is 0 Å². The topological polar surface area (TPSA) is 41.5 Å². The highest BCUT2D eigenvalue weighted by atomic mass is 16.3. The summed E-state index contributed by atoms with van der Waals surface area (Å²) in [5.74, 6) is 0.313. The van der Waals surface area contributed by atoms with Gasteiger partial charge in [-0.2, -0.15) is 4.91 Å². The van der Waals surface area contributed by atoms with Crippen LogP contribution in [0.5, 0.6) is 0 Å². The van der Waals surface area contributed by atoms with Crippen LogP contribution in [0.1, 0.15) is 18.1 Å². The second-order valence-corrected chi connectivity index (χ2v) is 4.03. The van der Waals surface area contributed by atoms with Crippen LogP contribution in [0.25, 0.3) is 0 Å². The van der Waals surface area contributed by atoms with Gasteiger partial charge in [-0.25, -0.2) is 0 Å². The molecular weight excluding hydrogens is 188 g/mol. The summed E-state index contributed by atoms with van der Waals surface area (Å²) in [5.41, 5.74) is 2.55. The zero-order chi connectivity index (χ0) is 11.1. The molecule has 1 N–H and O–H groups in total. The predicted octanol–water partition coefficient (Wildman–Crippen LogP) is 2.49. The lowest BCUT2D eigenvalue weighted by Gasteiger charge is -2.08. The van der Waals surface area contributed by atoms with E-state index in [0.29, 0.717) is 12.5 Å². The molecule has 15 heavy (non-hydrogen) atoms. The third kappa shape index (κ3) is 4.70. The van der Waals surface area contributed by atoms with E-state index < -0.39 is 0 Å². The third-order valence-corrected chi connectivity index (χ3v) is 2.33. The van der Waals surface area contributed by atoms with E-state index in [2.05, 4.69) is 41.7 Å². The first-order valence-electron chi connectivity index (χ1n) is 5.27. The van der Waals surface area contributed by atoms with Gasteiger partial charge in [0.05, 0.1) is 6.54 Å². The Morgan fingerprint density at radius 3 is 2.60 bits per heavy atom. The Balaban J connectivity index is 2.25. The number of benzene rings is 1. The molecule has 0 radical (unpaired) electrons. The van der Waals surface area contributed by atoms with Gasteiger partial charge in [-0.1, -0.05) is 41.9 Å². The summed E-state index contributed by atoms with van der Waals surface area (Å²) < 4.78 is 0. The quantitative estimate of drug-likeness (QED) is 0.726. The van der Waals surface area contributed by atoms with Crippen LogP contribution in [0, 0.1) is 17.7 Å². The fourth-order valence-corrected chi connectivity index (χ4v) is 1.36. The molecule has 1 aromatic rings. The molecule has 0 aromatic heterocycles. The first kappa shape index (κ1) is 11.9. The molecule has 0 aliphatic rings. The van der Waals surface area contributed by atoms with Crippen molar-refractivity contribution in [3.8, 4) is 0 Å². The molecule has 1 unspecified atom stereocenters. The van der Waals surface area contributed by atoms with Gasteiger partial charge in [0.15, 0.2) is 0 Å². The van der Waals surface area contributed by atoms with E-state index in [9.17, 15) is 4.91 Å². The number of nitroso groups, excluding NO2 is 1. The smallest absolute Gasteiger partial charge is 0.0848 e. The van der Waals surface area contributed by atoms with Crippen LogP contribution in [-0.4, -0.2) is 13.1 Å². The monoisotopic (exact) mass is 206 g/mol. The molecule has 0 bridgehead atoms. The van der Waals surface area contributed by atoms with E-state index in [1.165, 1.54) is 11.1 Å². The maximum Gasteiger partial charge on any atom is 0.0848 e. The zero-order valence-electron chi connectivity index (χ0n) is 9.36. The van der Waals surface area contributed by atoms with E-state index in [4.69, 9.17) is 0 Å². The fraction of sp³-hybridized carbons (Fsp3) is 0.500. The summed E-state index contributed by atoms with van der Waals surface area (Å²) in [6.45, 7) is 6.17. The maximum absolute atomic E-state index is 10.0. The number of nitrogens with one attached hydrogen (secondary N) is 1. The van der Waals surface area contributed by atoms with Gasteiger partial charge in [-0.3, -0.25) is 0 Å². The van der Waals surface area contributed by atoms with Crippen LogP contribution in [0.2, 0.25) is 0 Å². The van der Waals surface area contributed by atoms with Gasteiger partial charge in [0.2, 0.25) is 0 Å². The van der Waals surface area contributed by atoms with Gasteiger partial charge >= 0.3 is 0 Å². The minimum atomic E-state index is 0.313. The normalized spacial score (nSPS) is 12.4. The number of rotatable bonds is 6. The number of nitrogens with zero attached hydrogens (tertiary/aromatic N) is 1. The van der Waals surface area contributed by atoms with Gasteiger partial charge in [0, 0.05) is 6.54 Å². The molecule has 0 amide bonds. The van der Waals surface area contributed by atoms with Crippen molar-refractivity contribution in [3.05, 3.63) is 40.3 Å².